The number of hydrogen-bond donors (Lipinski definition) is 1. The third kappa shape index (κ3) is 5.33. The largest absolute Gasteiger partial charge is 0.484 e. The van der Waals surface area contributed by atoms with Crippen LogP contribution in [0.15, 0.2) is 22.7 Å². The molecule has 0 saturated heterocycles. The molecule has 0 radical (unpaired) electrons. The van der Waals surface area contributed by atoms with Gasteiger partial charge in [-0.15, -0.1) is 0 Å². The molecule has 0 amide bonds. The number of ether oxygens (including phenoxy) is 2. The zero-order valence-corrected chi connectivity index (χ0v) is 12.3. The molecule has 5 heteroatoms. The quantitative estimate of drug-likeness (QED) is 0.747. The van der Waals surface area contributed by atoms with Crippen LogP contribution in [0.5, 0.6) is 5.75 Å². The van der Waals surface area contributed by atoms with Crippen molar-refractivity contribution in [2.45, 2.75) is 19.4 Å². The Kier molecular flexibility index (Phi) is 7.23. The third-order valence-corrected chi connectivity index (χ3v) is 2.83. The number of hydrogen-bond acceptors (Lipinski definition) is 3. The molecule has 0 bridgehead atoms. The molecule has 1 unspecified atom stereocenters. The van der Waals surface area contributed by atoms with Crippen LogP contribution in [0.2, 0.25) is 0 Å². The van der Waals surface area contributed by atoms with Crippen molar-refractivity contribution < 1.29 is 13.9 Å². The second-order valence-corrected chi connectivity index (χ2v) is 4.89. The van der Waals surface area contributed by atoms with Crippen molar-refractivity contribution in [1.29, 1.82) is 0 Å². The summed E-state index contributed by atoms with van der Waals surface area (Å²) in [5.74, 6) is -0.125. The molecular formula is C13H19BrFNO2. The lowest BCUT2D eigenvalue weighted by molar-refractivity contribution is 0.0780. The summed E-state index contributed by atoms with van der Waals surface area (Å²) < 4.78 is 25.0. The van der Waals surface area contributed by atoms with E-state index in [1.165, 1.54) is 6.07 Å². The van der Waals surface area contributed by atoms with E-state index in [4.69, 9.17) is 9.47 Å². The van der Waals surface area contributed by atoms with E-state index < -0.39 is 0 Å². The van der Waals surface area contributed by atoms with Crippen molar-refractivity contribution in [3.63, 3.8) is 0 Å². The van der Waals surface area contributed by atoms with Crippen LogP contribution in [0.4, 0.5) is 4.39 Å². The van der Waals surface area contributed by atoms with Gasteiger partial charge in [0, 0.05) is 18.1 Å². The minimum atomic E-state index is -0.374. The minimum Gasteiger partial charge on any atom is -0.484 e. The fourth-order valence-electron chi connectivity index (χ4n) is 1.51. The van der Waals surface area contributed by atoms with Gasteiger partial charge in [0.1, 0.15) is 6.10 Å². The van der Waals surface area contributed by atoms with Crippen LogP contribution in [-0.4, -0.2) is 32.9 Å². The lowest BCUT2D eigenvalue weighted by Gasteiger charge is -2.19. The molecule has 0 aliphatic heterocycles. The Labute approximate surface area is 116 Å². The SMILES string of the molecule is CCCNCC(COC)Oc1ccc(Br)cc1F. The molecule has 3 nitrogen and oxygen atoms in total. The number of rotatable bonds is 8. The highest BCUT2D eigenvalue weighted by Crippen LogP contribution is 2.22. The summed E-state index contributed by atoms with van der Waals surface area (Å²) in [6.45, 7) is 4.06. The van der Waals surface area contributed by atoms with E-state index in [2.05, 4.69) is 28.2 Å². The Balaban J connectivity index is 2.58. The summed E-state index contributed by atoms with van der Waals surface area (Å²) >= 11 is 3.21. The highest BCUT2D eigenvalue weighted by atomic mass is 79.9. The summed E-state index contributed by atoms with van der Waals surface area (Å²) in [4.78, 5) is 0. The lowest BCUT2D eigenvalue weighted by Crippen LogP contribution is -2.35. The van der Waals surface area contributed by atoms with Crippen molar-refractivity contribution in [2.24, 2.45) is 0 Å². The zero-order valence-electron chi connectivity index (χ0n) is 10.7. The number of benzene rings is 1. The fraction of sp³-hybridized carbons (Fsp3) is 0.538. The Hall–Kier alpha value is -0.650. The first-order valence-electron chi connectivity index (χ1n) is 5.98. The molecule has 0 saturated carbocycles. The van der Waals surface area contributed by atoms with Crippen molar-refractivity contribution in [3.8, 4) is 5.75 Å². The van der Waals surface area contributed by atoms with Crippen molar-refractivity contribution in [3.05, 3.63) is 28.5 Å². The van der Waals surface area contributed by atoms with E-state index in [-0.39, 0.29) is 17.7 Å². The lowest BCUT2D eigenvalue weighted by atomic mass is 10.3. The molecule has 18 heavy (non-hydrogen) atoms. The predicted molar refractivity (Wildman–Crippen MR) is 73.6 cm³/mol. The average molecular weight is 320 g/mol. The first-order chi connectivity index (χ1) is 8.67. The third-order valence-electron chi connectivity index (χ3n) is 2.34. The van der Waals surface area contributed by atoms with Crippen LogP contribution in [0.1, 0.15) is 13.3 Å². The fourth-order valence-corrected chi connectivity index (χ4v) is 1.84. The van der Waals surface area contributed by atoms with Gasteiger partial charge in [-0.05, 0) is 31.2 Å². The number of nitrogens with one attached hydrogen (secondary N) is 1. The van der Waals surface area contributed by atoms with Gasteiger partial charge in [0.25, 0.3) is 0 Å². The Morgan fingerprint density at radius 3 is 2.83 bits per heavy atom. The molecule has 1 N–H and O–H groups in total. The Morgan fingerprint density at radius 2 is 2.22 bits per heavy atom. The highest BCUT2D eigenvalue weighted by Gasteiger charge is 2.13. The molecule has 0 aromatic heterocycles. The van der Waals surface area contributed by atoms with Crippen molar-refractivity contribution in [2.75, 3.05) is 26.8 Å². The van der Waals surface area contributed by atoms with Gasteiger partial charge in [-0.1, -0.05) is 22.9 Å². The van der Waals surface area contributed by atoms with E-state index in [0.717, 1.165) is 13.0 Å². The van der Waals surface area contributed by atoms with Crippen LogP contribution < -0.4 is 10.1 Å². The molecule has 1 rings (SSSR count). The molecule has 0 fully saturated rings. The van der Waals surface area contributed by atoms with Gasteiger partial charge in [0.15, 0.2) is 11.6 Å². The standard InChI is InChI=1S/C13H19BrFNO2/c1-3-6-16-8-11(9-17-2)18-13-5-4-10(14)7-12(13)15/h4-5,7,11,16H,3,6,8-9H2,1-2H3. The maximum Gasteiger partial charge on any atom is 0.166 e. The maximum absolute atomic E-state index is 13.6. The van der Waals surface area contributed by atoms with Crippen LogP contribution in [0, 0.1) is 5.82 Å². The number of methoxy groups -OCH3 is 1. The molecule has 0 aliphatic rings. The van der Waals surface area contributed by atoms with E-state index in [1.54, 1.807) is 19.2 Å². The Bertz CT molecular complexity index is 363. The van der Waals surface area contributed by atoms with Gasteiger partial charge >= 0.3 is 0 Å². The second-order valence-electron chi connectivity index (χ2n) is 3.97. The molecule has 0 aliphatic carbocycles. The molecule has 1 atom stereocenters. The van der Waals surface area contributed by atoms with Crippen LogP contribution in [-0.2, 0) is 4.74 Å². The van der Waals surface area contributed by atoms with E-state index in [0.29, 0.717) is 17.6 Å². The van der Waals surface area contributed by atoms with Gasteiger partial charge in [-0.25, -0.2) is 4.39 Å². The van der Waals surface area contributed by atoms with Gasteiger partial charge in [-0.2, -0.15) is 0 Å². The molecular weight excluding hydrogens is 301 g/mol. The molecule has 102 valence electrons. The molecule has 0 heterocycles. The summed E-state index contributed by atoms with van der Waals surface area (Å²) in [7, 11) is 1.61. The van der Waals surface area contributed by atoms with E-state index in [9.17, 15) is 4.39 Å². The van der Waals surface area contributed by atoms with Gasteiger partial charge in [-0.3, -0.25) is 0 Å². The first kappa shape index (κ1) is 15.4. The average Bonchev–Trinajstić information content (AvgIpc) is 2.33. The zero-order chi connectivity index (χ0) is 13.4. The predicted octanol–water partition coefficient (Wildman–Crippen LogP) is 2.98. The highest BCUT2D eigenvalue weighted by molar-refractivity contribution is 9.10. The normalized spacial score (nSPS) is 12.4. The van der Waals surface area contributed by atoms with Gasteiger partial charge in [0.05, 0.1) is 6.61 Å². The maximum atomic E-state index is 13.6. The Morgan fingerprint density at radius 1 is 1.44 bits per heavy atom. The second kappa shape index (κ2) is 8.45. The van der Waals surface area contributed by atoms with Crippen LogP contribution >= 0.6 is 15.9 Å². The van der Waals surface area contributed by atoms with Gasteiger partial charge < -0.3 is 14.8 Å². The first-order valence-corrected chi connectivity index (χ1v) is 6.78. The summed E-state index contributed by atoms with van der Waals surface area (Å²) in [6.07, 6.45) is 0.851. The molecule has 1 aromatic rings. The van der Waals surface area contributed by atoms with Gasteiger partial charge in [0.2, 0.25) is 0 Å². The summed E-state index contributed by atoms with van der Waals surface area (Å²) in [5, 5.41) is 3.23. The molecule has 0 spiro atoms. The topological polar surface area (TPSA) is 30.5 Å². The van der Waals surface area contributed by atoms with Crippen molar-refractivity contribution >= 4 is 15.9 Å². The number of halogens is 2. The summed E-state index contributed by atoms with van der Waals surface area (Å²) in [5.41, 5.74) is 0. The van der Waals surface area contributed by atoms with Crippen molar-refractivity contribution in [1.82, 2.24) is 5.32 Å². The molecule has 1 aromatic carbocycles. The monoisotopic (exact) mass is 319 g/mol. The van der Waals surface area contributed by atoms with Crippen LogP contribution in [0.25, 0.3) is 0 Å². The minimum absolute atomic E-state index is 0.197. The summed E-state index contributed by atoms with van der Waals surface area (Å²) in [6, 6.07) is 4.75. The van der Waals surface area contributed by atoms with E-state index in [1.807, 2.05) is 0 Å². The van der Waals surface area contributed by atoms with Crippen LogP contribution in [0.3, 0.4) is 0 Å². The van der Waals surface area contributed by atoms with E-state index >= 15 is 0 Å². The smallest absolute Gasteiger partial charge is 0.166 e.